The molecule has 5 heteroatoms. The second kappa shape index (κ2) is 6.17. The Morgan fingerprint density at radius 3 is 3.00 bits per heavy atom. The molecule has 1 fully saturated rings. The summed E-state index contributed by atoms with van der Waals surface area (Å²) in [5.74, 6) is 0.0601. The van der Waals surface area contributed by atoms with Gasteiger partial charge in [-0.1, -0.05) is 22.9 Å². The summed E-state index contributed by atoms with van der Waals surface area (Å²) in [7, 11) is 0. The number of amides is 1. The summed E-state index contributed by atoms with van der Waals surface area (Å²) < 4.78 is 7.32. The Labute approximate surface area is 124 Å². The normalized spacial score (nSPS) is 19.9. The van der Waals surface area contributed by atoms with E-state index in [1.54, 1.807) is 0 Å². The monoisotopic (exact) mass is 375 g/mol. The van der Waals surface area contributed by atoms with Gasteiger partial charge in [-0.25, -0.2) is 0 Å². The molecule has 1 heterocycles. The van der Waals surface area contributed by atoms with Crippen molar-refractivity contribution < 1.29 is 9.53 Å². The van der Waals surface area contributed by atoms with Crippen molar-refractivity contribution >= 4 is 37.8 Å². The van der Waals surface area contributed by atoms with E-state index in [1.807, 2.05) is 23.1 Å². The molecule has 1 aliphatic rings. The number of carbonyl (C=O) groups excluding carboxylic acids is 1. The first kappa shape index (κ1) is 14.0. The third kappa shape index (κ3) is 3.13. The minimum atomic E-state index is 0.0601. The van der Waals surface area contributed by atoms with Gasteiger partial charge in [-0.3, -0.25) is 4.79 Å². The van der Waals surface area contributed by atoms with Gasteiger partial charge >= 0.3 is 0 Å². The standard InChI is InChI=1S/C13H15Br2NO2/c1-2-10-8-16(5-6-18-10)13(17)11-7-9(14)3-4-12(11)15/h3-4,7,10H,2,5-6,8H2,1H3. The maximum atomic E-state index is 12.5. The van der Waals surface area contributed by atoms with E-state index in [0.29, 0.717) is 25.3 Å². The summed E-state index contributed by atoms with van der Waals surface area (Å²) in [6.45, 7) is 4.03. The van der Waals surface area contributed by atoms with Crippen LogP contribution in [0.4, 0.5) is 0 Å². The topological polar surface area (TPSA) is 29.5 Å². The van der Waals surface area contributed by atoms with Crippen molar-refractivity contribution in [2.75, 3.05) is 19.7 Å². The molecule has 98 valence electrons. The van der Waals surface area contributed by atoms with Gasteiger partial charge < -0.3 is 9.64 Å². The van der Waals surface area contributed by atoms with Gasteiger partial charge in [0.2, 0.25) is 0 Å². The summed E-state index contributed by atoms with van der Waals surface area (Å²) in [6, 6.07) is 5.65. The highest BCUT2D eigenvalue weighted by atomic mass is 79.9. The zero-order chi connectivity index (χ0) is 13.1. The number of morpholine rings is 1. The molecule has 0 spiro atoms. The number of carbonyl (C=O) groups is 1. The maximum absolute atomic E-state index is 12.5. The predicted molar refractivity (Wildman–Crippen MR) is 77.8 cm³/mol. The number of rotatable bonds is 2. The summed E-state index contributed by atoms with van der Waals surface area (Å²) in [4.78, 5) is 14.3. The van der Waals surface area contributed by atoms with Crippen molar-refractivity contribution in [2.45, 2.75) is 19.4 Å². The largest absolute Gasteiger partial charge is 0.375 e. The van der Waals surface area contributed by atoms with Gasteiger partial charge in [0.25, 0.3) is 5.91 Å². The molecule has 18 heavy (non-hydrogen) atoms. The number of benzene rings is 1. The van der Waals surface area contributed by atoms with Crippen molar-refractivity contribution in [1.82, 2.24) is 4.90 Å². The Kier molecular flexibility index (Phi) is 4.81. The molecule has 0 saturated carbocycles. The van der Waals surface area contributed by atoms with Crippen LogP contribution in [-0.4, -0.2) is 36.6 Å². The van der Waals surface area contributed by atoms with E-state index in [-0.39, 0.29) is 12.0 Å². The second-order valence-electron chi connectivity index (χ2n) is 4.28. The van der Waals surface area contributed by atoms with Crippen LogP contribution in [0.5, 0.6) is 0 Å². The molecule has 1 amide bonds. The second-order valence-corrected chi connectivity index (χ2v) is 6.05. The number of halogens is 2. The molecule has 1 aliphatic heterocycles. The van der Waals surface area contributed by atoms with Crippen LogP contribution in [0.1, 0.15) is 23.7 Å². The summed E-state index contributed by atoms with van der Waals surface area (Å²) in [6.07, 6.45) is 1.09. The van der Waals surface area contributed by atoms with E-state index < -0.39 is 0 Å². The Hall–Kier alpha value is -0.390. The predicted octanol–water partition coefficient (Wildman–Crippen LogP) is 3.46. The van der Waals surface area contributed by atoms with Gasteiger partial charge in [-0.15, -0.1) is 0 Å². The number of ether oxygens (including phenoxy) is 1. The highest BCUT2D eigenvalue weighted by Crippen LogP contribution is 2.24. The molecular formula is C13H15Br2NO2. The molecule has 2 rings (SSSR count). The third-order valence-electron chi connectivity index (χ3n) is 3.04. The molecule has 1 saturated heterocycles. The number of nitrogens with zero attached hydrogens (tertiary/aromatic N) is 1. The molecule has 1 aromatic rings. The lowest BCUT2D eigenvalue weighted by Gasteiger charge is -2.32. The fraction of sp³-hybridized carbons (Fsp3) is 0.462. The highest BCUT2D eigenvalue weighted by molar-refractivity contribution is 9.11. The smallest absolute Gasteiger partial charge is 0.255 e. The molecule has 0 bridgehead atoms. The zero-order valence-electron chi connectivity index (χ0n) is 10.2. The first-order chi connectivity index (χ1) is 8.61. The average molecular weight is 377 g/mol. The van der Waals surface area contributed by atoms with E-state index in [4.69, 9.17) is 4.74 Å². The molecule has 0 radical (unpaired) electrons. The Morgan fingerprint density at radius 1 is 1.50 bits per heavy atom. The molecule has 1 aromatic carbocycles. The third-order valence-corrected chi connectivity index (χ3v) is 4.22. The number of hydrogen-bond acceptors (Lipinski definition) is 2. The van der Waals surface area contributed by atoms with Crippen molar-refractivity contribution in [3.8, 4) is 0 Å². The quantitative estimate of drug-likeness (QED) is 0.790. The van der Waals surface area contributed by atoms with Crippen LogP contribution >= 0.6 is 31.9 Å². The van der Waals surface area contributed by atoms with Gasteiger partial charge in [0.1, 0.15) is 0 Å². The van der Waals surface area contributed by atoms with Gasteiger partial charge in [0.05, 0.1) is 18.3 Å². The van der Waals surface area contributed by atoms with Crippen LogP contribution in [0, 0.1) is 0 Å². The van der Waals surface area contributed by atoms with Crippen molar-refractivity contribution in [1.29, 1.82) is 0 Å². The zero-order valence-corrected chi connectivity index (χ0v) is 13.3. The minimum absolute atomic E-state index is 0.0601. The van der Waals surface area contributed by atoms with E-state index >= 15 is 0 Å². The number of hydrogen-bond donors (Lipinski definition) is 0. The van der Waals surface area contributed by atoms with E-state index in [1.165, 1.54) is 0 Å². The molecule has 0 aliphatic carbocycles. The van der Waals surface area contributed by atoms with Crippen LogP contribution in [0.15, 0.2) is 27.1 Å². The van der Waals surface area contributed by atoms with Crippen LogP contribution < -0.4 is 0 Å². The molecule has 1 atom stereocenters. The molecule has 3 nitrogen and oxygen atoms in total. The molecule has 0 aromatic heterocycles. The highest BCUT2D eigenvalue weighted by Gasteiger charge is 2.25. The van der Waals surface area contributed by atoms with Crippen molar-refractivity contribution in [2.24, 2.45) is 0 Å². The molecule has 0 N–H and O–H groups in total. The fourth-order valence-corrected chi connectivity index (χ4v) is 2.76. The first-order valence-corrected chi connectivity index (χ1v) is 7.56. The Morgan fingerprint density at radius 2 is 2.28 bits per heavy atom. The van der Waals surface area contributed by atoms with Gasteiger partial charge in [-0.2, -0.15) is 0 Å². The van der Waals surface area contributed by atoms with E-state index in [9.17, 15) is 4.79 Å². The summed E-state index contributed by atoms with van der Waals surface area (Å²) in [5.41, 5.74) is 0.695. The Balaban J connectivity index is 2.17. The van der Waals surface area contributed by atoms with E-state index in [2.05, 4.69) is 38.8 Å². The van der Waals surface area contributed by atoms with Crippen LogP contribution in [0.3, 0.4) is 0 Å². The average Bonchev–Trinajstić information content (AvgIpc) is 2.41. The van der Waals surface area contributed by atoms with Crippen molar-refractivity contribution in [3.63, 3.8) is 0 Å². The lowest BCUT2D eigenvalue weighted by atomic mass is 10.1. The lowest BCUT2D eigenvalue weighted by Crippen LogP contribution is -2.45. The first-order valence-electron chi connectivity index (χ1n) is 5.97. The summed E-state index contributed by atoms with van der Waals surface area (Å²) in [5, 5.41) is 0. The van der Waals surface area contributed by atoms with Gasteiger partial charge in [0, 0.05) is 22.0 Å². The SMILES string of the molecule is CCC1CN(C(=O)c2cc(Br)ccc2Br)CCO1. The lowest BCUT2D eigenvalue weighted by molar-refractivity contribution is -0.0226. The molecule has 1 unspecified atom stereocenters. The maximum Gasteiger partial charge on any atom is 0.255 e. The van der Waals surface area contributed by atoms with Crippen LogP contribution in [0.25, 0.3) is 0 Å². The summed E-state index contributed by atoms with van der Waals surface area (Å²) >= 11 is 6.83. The van der Waals surface area contributed by atoms with Crippen LogP contribution in [0.2, 0.25) is 0 Å². The fourth-order valence-electron chi connectivity index (χ4n) is 1.98. The van der Waals surface area contributed by atoms with Crippen molar-refractivity contribution in [3.05, 3.63) is 32.7 Å². The Bertz CT molecular complexity index is 451. The van der Waals surface area contributed by atoms with Gasteiger partial charge in [0.15, 0.2) is 0 Å². The van der Waals surface area contributed by atoms with E-state index in [0.717, 1.165) is 15.4 Å². The molecular weight excluding hydrogens is 362 g/mol. The van der Waals surface area contributed by atoms with Gasteiger partial charge in [-0.05, 0) is 40.5 Å². The minimum Gasteiger partial charge on any atom is -0.375 e. The van der Waals surface area contributed by atoms with Crippen LogP contribution in [-0.2, 0) is 4.74 Å².